The maximum Gasteiger partial charge on any atom is 0.258 e. The van der Waals surface area contributed by atoms with Crippen LogP contribution in [-0.2, 0) is 95.7 Å². The first-order chi connectivity index (χ1) is 69.3. The number of carbonyl (C=O) groups is 5. The highest BCUT2D eigenvalue weighted by atomic mass is 32.2. The van der Waals surface area contributed by atoms with E-state index in [9.17, 15) is 61.7 Å². The summed E-state index contributed by atoms with van der Waals surface area (Å²) >= 11 is 0. The Balaban J connectivity index is 0.000000132. The van der Waals surface area contributed by atoms with Crippen LogP contribution in [0.25, 0.3) is 91.4 Å². The van der Waals surface area contributed by atoms with Crippen molar-refractivity contribution in [2.24, 2.45) is 0 Å². The van der Waals surface area contributed by atoms with Crippen LogP contribution in [0.4, 0.5) is 0 Å². The quantitative estimate of drug-likeness (QED) is 0.0499. The molecule has 12 aromatic rings. The molecule has 37 heteroatoms. The maximum atomic E-state index is 12.8. The molecular formula is C108H114N16O19S2. The molecule has 0 saturated carbocycles. The zero-order valence-electron chi connectivity index (χ0n) is 83.2. The molecule has 0 bridgehead atoms. The molecule has 145 heavy (non-hydrogen) atoms. The summed E-state index contributed by atoms with van der Waals surface area (Å²) in [7, 11) is -1.65. The van der Waals surface area contributed by atoms with Crippen LogP contribution >= 0.6 is 0 Å². The van der Waals surface area contributed by atoms with Gasteiger partial charge in [0.1, 0.15) is 55.9 Å². The van der Waals surface area contributed by atoms with Crippen LogP contribution < -0.4 is 18.9 Å². The second kappa shape index (κ2) is 41.5. The van der Waals surface area contributed by atoms with E-state index in [4.69, 9.17) is 41.8 Å². The van der Waals surface area contributed by atoms with Crippen LogP contribution in [0.2, 0.25) is 0 Å². The molecule has 752 valence electrons. The maximum absolute atomic E-state index is 12.8. The fraction of sp³-hybridized carbons (Fsp3) is 0.407. The van der Waals surface area contributed by atoms with Crippen LogP contribution in [0.5, 0.6) is 23.0 Å². The second-order valence-corrected chi connectivity index (χ2v) is 44.0. The summed E-state index contributed by atoms with van der Waals surface area (Å²) in [6.45, 7) is 19.2. The average molecular weight is 2000 g/mol. The third-order valence-corrected chi connectivity index (χ3v) is 30.0. The predicted molar refractivity (Wildman–Crippen MR) is 533 cm³/mol. The van der Waals surface area contributed by atoms with Crippen LogP contribution in [0.3, 0.4) is 0 Å². The van der Waals surface area contributed by atoms with Crippen LogP contribution in [0.15, 0.2) is 169 Å². The molecule has 4 fully saturated rings. The van der Waals surface area contributed by atoms with E-state index in [-0.39, 0.29) is 118 Å². The van der Waals surface area contributed by atoms with Crippen molar-refractivity contribution in [2.75, 3.05) is 105 Å². The molecule has 8 heterocycles. The van der Waals surface area contributed by atoms with Gasteiger partial charge in [0.2, 0.25) is 52.8 Å². The van der Waals surface area contributed by atoms with Gasteiger partial charge in [-0.15, -0.1) is 0 Å². The fourth-order valence-electron chi connectivity index (χ4n) is 21.3. The lowest BCUT2D eigenvalue weighted by atomic mass is 9.80. The summed E-state index contributed by atoms with van der Waals surface area (Å²) in [6.07, 6.45) is 10.3. The van der Waals surface area contributed by atoms with Crippen molar-refractivity contribution < 1.29 is 87.7 Å². The number of likely N-dealkylation sites (tertiary alicyclic amines) is 4. The first-order valence-corrected chi connectivity index (χ1v) is 52.4. The zero-order chi connectivity index (χ0) is 103. The number of nitriles is 3. The van der Waals surface area contributed by atoms with Gasteiger partial charge in [-0.2, -0.15) is 35.7 Å². The van der Waals surface area contributed by atoms with Crippen LogP contribution in [-0.4, -0.2) is 246 Å². The van der Waals surface area contributed by atoms with E-state index in [0.29, 0.717) is 169 Å². The molecule has 1 N–H and O–H groups in total. The molecule has 4 unspecified atom stereocenters. The number of carbonyl (C=O) groups excluding carboxylic acids is 5. The van der Waals surface area contributed by atoms with Gasteiger partial charge < -0.3 is 71.4 Å². The Kier molecular flexibility index (Phi) is 29.1. The minimum atomic E-state index is -3.55. The van der Waals surface area contributed by atoms with E-state index in [2.05, 4.69) is 77.0 Å². The summed E-state index contributed by atoms with van der Waals surface area (Å²) in [5.74, 6) is 4.97. The largest absolute Gasteiger partial charge is 0.490 e. The Labute approximate surface area is 840 Å². The fourth-order valence-corrected chi connectivity index (χ4v) is 22.7. The van der Waals surface area contributed by atoms with E-state index in [0.717, 1.165) is 113 Å². The topological polar surface area (TPSA) is 463 Å². The number of hydrogen-bond acceptors (Lipinski definition) is 30. The van der Waals surface area contributed by atoms with Crippen molar-refractivity contribution in [1.82, 2.24) is 65.1 Å². The van der Waals surface area contributed by atoms with Gasteiger partial charge in [0.05, 0.1) is 66.6 Å². The average Bonchev–Trinajstić information content (AvgIpc) is 1.59. The van der Waals surface area contributed by atoms with E-state index >= 15 is 0 Å². The van der Waals surface area contributed by atoms with Gasteiger partial charge in [-0.05, 0) is 224 Å². The minimum absolute atomic E-state index is 0.00786. The second-order valence-electron chi connectivity index (χ2n) is 39.7. The molecule has 4 atom stereocenters. The van der Waals surface area contributed by atoms with Crippen molar-refractivity contribution in [2.45, 2.75) is 183 Å². The molecule has 8 aliphatic rings. The summed E-state index contributed by atoms with van der Waals surface area (Å²) < 4.78 is 98.3. The lowest BCUT2D eigenvalue weighted by Crippen LogP contribution is -2.38. The SMILES string of the molecule is CC(C)Oc1ccc(-c2nc(-c3cccc4c3CCC43CC(=O)N(CC(=O)N(C)C)C3)no2)cc1C#N.CC(C)Oc1ccc(-c2nc(-c3cccc4c3CCC43CC(=O)N(CCO)C3)no2)cc1S(C)(=O)=O.CC(C)Oc1ccc(-c2nc(-c3cccc4c3CCC43CC(=O)N(CCS(C)(=O)=O)C3)no2)cc1C#N.COCCN1CC2(CCc3c(-c4noc(-c5ccc(OC(C)C)c(C#N)c5)n4)cccc32)CC1=O. The Hall–Kier alpha value is -14.8. The first-order valence-electron chi connectivity index (χ1n) is 48.4. The predicted octanol–water partition coefficient (Wildman–Crippen LogP) is 14.2. The van der Waals surface area contributed by atoms with Gasteiger partial charge in [-0.3, -0.25) is 24.0 Å². The minimum Gasteiger partial charge on any atom is -0.490 e. The zero-order valence-corrected chi connectivity index (χ0v) is 84.8. The Bertz CT molecular complexity index is 7410. The number of β-amino-alcohol motifs (C(OH)–C–C–N with tert-alkyl or cyclic N) is 1. The number of ether oxygens (including phenoxy) is 5. The number of hydrogen-bond donors (Lipinski definition) is 1. The molecule has 0 radical (unpaired) electrons. The van der Waals surface area contributed by atoms with Crippen LogP contribution in [0.1, 0.15) is 168 Å². The summed E-state index contributed by atoms with van der Waals surface area (Å²) in [5.41, 5.74) is 15.0. The number of sulfone groups is 2. The molecule has 4 saturated heterocycles. The summed E-state index contributed by atoms with van der Waals surface area (Å²) in [4.78, 5) is 90.2. The lowest BCUT2D eigenvalue weighted by molar-refractivity contribution is -0.136. The van der Waals surface area contributed by atoms with Gasteiger partial charge in [-0.25, -0.2) is 16.8 Å². The summed E-state index contributed by atoms with van der Waals surface area (Å²) in [5, 5.41) is 54.9. The number of amides is 5. The van der Waals surface area contributed by atoms with E-state index in [1.165, 1.54) is 28.3 Å². The summed E-state index contributed by atoms with van der Waals surface area (Å²) in [6, 6.07) is 51.0. The van der Waals surface area contributed by atoms with Crippen molar-refractivity contribution in [3.8, 4) is 133 Å². The number of nitrogens with zero attached hydrogens (tertiary/aromatic N) is 16. The van der Waals surface area contributed by atoms with E-state index in [1.807, 2.05) is 121 Å². The number of likely N-dealkylation sites (N-methyl/N-ethyl adjacent to an activating group) is 1. The Morgan fingerprint density at radius 3 is 1.02 bits per heavy atom. The molecule has 4 spiro atoms. The van der Waals surface area contributed by atoms with Gasteiger partial charge in [0.25, 0.3) is 23.6 Å². The van der Waals surface area contributed by atoms with Gasteiger partial charge in [0, 0.05) is 171 Å². The smallest absolute Gasteiger partial charge is 0.258 e. The monoisotopic (exact) mass is 2000 g/mol. The van der Waals surface area contributed by atoms with E-state index < -0.39 is 19.7 Å². The molecule has 4 aromatic heterocycles. The molecule has 5 amide bonds. The lowest BCUT2D eigenvalue weighted by Gasteiger charge is -2.25. The molecule has 4 aliphatic carbocycles. The molecule has 20 rings (SSSR count). The van der Waals surface area contributed by atoms with Gasteiger partial charge >= 0.3 is 0 Å². The highest BCUT2D eigenvalue weighted by molar-refractivity contribution is 7.91. The number of methoxy groups -OCH3 is 1. The van der Waals surface area contributed by atoms with Gasteiger partial charge in [0.15, 0.2) is 9.84 Å². The number of benzene rings is 8. The van der Waals surface area contributed by atoms with Crippen LogP contribution in [0, 0.1) is 34.0 Å². The normalized spacial score (nSPS) is 18.9. The highest BCUT2D eigenvalue weighted by Crippen LogP contribution is 2.54. The number of aliphatic hydroxyl groups excluding tert-OH is 1. The highest BCUT2D eigenvalue weighted by Gasteiger charge is 2.53. The number of aromatic nitrogens is 8. The van der Waals surface area contributed by atoms with Crippen molar-refractivity contribution >= 4 is 49.2 Å². The molecule has 4 aliphatic heterocycles. The Morgan fingerprint density at radius 1 is 0.428 bits per heavy atom. The van der Waals surface area contributed by atoms with Crippen molar-refractivity contribution in [1.29, 1.82) is 15.8 Å². The molecular weight excluding hydrogens is 1890 g/mol. The van der Waals surface area contributed by atoms with Crippen molar-refractivity contribution in [3.05, 3.63) is 207 Å². The first kappa shape index (κ1) is 102. The third-order valence-electron chi connectivity index (χ3n) is 28.0. The Morgan fingerprint density at radius 2 is 0.724 bits per heavy atom. The number of rotatable bonds is 27. The van der Waals surface area contributed by atoms with E-state index in [1.54, 1.807) is 96.6 Å². The number of aliphatic hydroxyl groups is 1. The molecule has 8 aromatic carbocycles. The number of fused-ring (bicyclic) bond motifs is 8. The third kappa shape index (κ3) is 21.2. The molecule has 35 nitrogen and oxygen atoms in total. The standard InChI is InChI=1S/C28H29N5O4.C27H28N4O5S.C27H28N4O4.C26H29N3O6S/c1-17(2)36-23-9-8-18(12-19(23)14-29)27-30-26(31-37-27)21-6-5-7-22-20(21)10-11-28(22)13-24(34)33(16-28)15-25(35)32(3)4;1-17(2)35-23-8-7-18(13-19(23)15-28)26-29-25(30-36-26)21-5-4-6-22-20(21)9-10-27(22)14-24(32)31(16-27)11-12-37(3,33)34;1-17(2)34-23-8-7-18(13-19(23)15-28)26-29-25(30-35-26)21-5-4-6-22-20(21)9-10-27(22)14-24(32)31(16-27)11-12-33-3;1-16(2)34-21-8-7-17(13-22(21)36(3,32)33)25-27-24(28-35-25)19-5-4-6-20-18(19)9-10-26(20)14-23(31)29(15-26)11-12-30/h5-9,12,17H,10-11,13,15-16H2,1-4H3;4-8,13,17H,9-12,14,16H2,1-3H3;4-8,13,17H,9-12,14,16H2,1-3H3;4-8,13,16,30H,9-12,14-15H2,1-3H3. The van der Waals surface area contributed by atoms with Gasteiger partial charge in [-0.1, -0.05) is 93.4 Å². The van der Waals surface area contributed by atoms with Crippen molar-refractivity contribution in [3.63, 3.8) is 0 Å².